The van der Waals surface area contributed by atoms with Gasteiger partial charge in [0.25, 0.3) is 5.91 Å². The van der Waals surface area contributed by atoms with E-state index in [0.717, 1.165) is 37.2 Å². The molecule has 8 heteroatoms. The smallest absolute Gasteiger partial charge is 0.255 e. The molecule has 6 nitrogen and oxygen atoms in total. The molecule has 3 rings (SSSR count). The van der Waals surface area contributed by atoms with Gasteiger partial charge in [-0.25, -0.2) is 0 Å². The summed E-state index contributed by atoms with van der Waals surface area (Å²) >= 11 is 7.27. The number of carbonyl (C=O) groups is 3. The molecule has 1 saturated heterocycles. The van der Waals surface area contributed by atoms with Crippen molar-refractivity contribution in [1.29, 1.82) is 0 Å². The van der Waals surface area contributed by atoms with Gasteiger partial charge in [-0.2, -0.15) is 0 Å². The number of benzene rings is 2. The van der Waals surface area contributed by atoms with Crippen molar-refractivity contribution >= 4 is 52.5 Å². The number of anilines is 2. The number of hydrogen-bond acceptors (Lipinski definition) is 4. The molecule has 0 saturated carbocycles. The van der Waals surface area contributed by atoms with E-state index < -0.39 is 0 Å². The lowest BCUT2D eigenvalue weighted by Crippen LogP contribution is -2.29. The minimum atomic E-state index is -0.291. The summed E-state index contributed by atoms with van der Waals surface area (Å²) in [4.78, 5) is 38.9. The van der Waals surface area contributed by atoms with Crippen LogP contribution >= 0.6 is 23.4 Å². The number of likely N-dealkylation sites (tertiary alicyclic amines) is 1. The monoisotopic (exact) mass is 445 g/mol. The van der Waals surface area contributed by atoms with E-state index in [-0.39, 0.29) is 29.2 Å². The van der Waals surface area contributed by atoms with E-state index >= 15 is 0 Å². The maximum absolute atomic E-state index is 12.7. The van der Waals surface area contributed by atoms with Gasteiger partial charge in [0, 0.05) is 23.8 Å². The van der Waals surface area contributed by atoms with Crippen LogP contribution in [0.1, 0.15) is 28.8 Å². The second-order valence-electron chi connectivity index (χ2n) is 7.14. The van der Waals surface area contributed by atoms with Crippen molar-refractivity contribution < 1.29 is 14.4 Å². The summed E-state index contributed by atoms with van der Waals surface area (Å²) in [5, 5.41) is 6.00. The van der Waals surface area contributed by atoms with E-state index in [0.29, 0.717) is 16.3 Å². The van der Waals surface area contributed by atoms with Gasteiger partial charge in [0.1, 0.15) is 0 Å². The Morgan fingerprint density at radius 2 is 1.60 bits per heavy atom. The summed E-state index contributed by atoms with van der Waals surface area (Å²) in [5.41, 5.74) is 2.66. The number of thioether (sulfide) groups is 1. The van der Waals surface area contributed by atoms with Gasteiger partial charge in [-0.15, -0.1) is 11.8 Å². The summed E-state index contributed by atoms with van der Waals surface area (Å²) in [6.45, 7) is 3.42. The number of nitrogens with zero attached hydrogens (tertiary/aromatic N) is 1. The van der Waals surface area contributed by atoms with Crippen LogP contribution in [0.25, 0.3) is 0 Å². The lowest BCUT2D eigenvalue weighted by atomic mass is 10.1. The van der Waals surface area contributed by atoms with Gasteiger partial charge < -0.3 is 15.5 Å². The maximum Gasteiger partial charge on any atom is 0.255 e. The third-order valence-electron chi connectivity index (χ3n) is 4.68. The first kappa shape index (κ1) is 22.2. The third kappa shape index (κ3) is 6.24. The van der Waals surface area contributed by atoms with E-state index in [4.69, 9.17) is 11.6 Å². The van der Waals surface area contributed by atoms with Crippen LogP contribution in [-0.2, 0) is 9.59 Å². The van der Waals surface area contributed by atoms with Crippen LogP contribution in [0.15, 0.2) is 42.5 Å². The molecule has 2 aromatic rings. The Labute approximate surface area is 185 Å². The van der Waals surface area contributed by atoms with E-state index in [9.17, 15) is 14.4 Å². The zero-order valence-corrected chi connectivity index (χ0v) is 18.3. The van der Waals surface area contributed by atoms with Crippen LogP contribution in [0.2, 0.25) is 5.02 Å². The number of halogens is 1. The largest absolute Gasteiger partial charge is 0.339 e. The van der Waals surface area contributed by atoms with E-state index in [1.165, 1.54) is 11.8 Å². The summed E-state index contributed by atoms with van der Waals surface area (Å²) in [6.07, 6.45) is 1.98. The highest BCUT2D eigenvalue weighted by atomic mass is 35.5. The number of carbonyl (C=O) groups excluding carboxylic acids is 3. The molecule has 0 unspecified atom stereocenters. The van der Waals surface area contributed by atoms with Gasteiger partial charge >= 0.3 is 0 Å². The van der Waals surface area contributed by atoms with E-state index in [2.05, 4.69) is 10.6 Å². The number of aryl methyl sites for hydroxylation is 1. The van der Waals surface area contributed by atoms with Crippen molar-refractivity contribution in [1.82, 2.24) is 4.90 Å². The van der Waals surface area contributed by atoms with Crippen LogP contribution in [0.5, 0.6) is 0 Å². The summed E-state index contributed by atoms with van der Waals surface area (Å²) < 4.78 is 0. The minimum Gasteiger partial charge on any atom is -0.339 e. The Bertz CT molecular complexity index is 928. The molecule has 0 aliphatic carbocycles. The normalized spacial score (nSPS) is 13.2. The molecule has 2 aromatic carbocycles. The molecule has 1 heterocycles. The molecular formula is C22H24ClN3O3S. The Morgan fingerprint density at radius 1 is 0.967 bits per heavy atom. The van der Waals surface area contributed by atoms with Crippen LogP contribution < -0.4 is 10.6 Å². The second kappa shape index (κ2) is 10.5. The molecule has 1 aliphatic heterocycles. The molecule has 30 heavy (non-hydrogen) atoms. The van der Waals surface area contributed by atoms with E-state index in [1.54, 1.807) is 23.1 Å². The quantitative estimate of drug-likeness (QED) is 0.669. The maximum atomic E-state index is 12.7. The fraction of sp³-hybridized carbons (Fsp3) is 0.318. The number of hydrogen-bond donors (Lipinski definition) is 2. The second-order valence-corrected chi connectivity index (χ2v) is 8.57. The Balaban J connectivity index is 1.51. The van der Waals surface area contributed by atoms with Crippen LogP contribution in [-0.4, -0.2) is 47.2 Å². The molecule has 0 aromatic heterocycles. The molecule has 0 atom stereocenters. The molecule has 1 fully saturated rings. The number of amides is 3. The summed E-state index contributed by atoms with van der Waals surface area (Å²) in [5.74, 6) is -0.337. The molecule has 158 valence electrons. The van der Waals surface area contributed by atoms with Crippen LogP contribution in [0.3, 0.4) is 0 Å². The van der Waals surface area contributed by atoms with Crippen molar-refractivity contribution in [3.8, 4) is 0 Å². The van der Waals surface area contributed by atoms with Gasteiger partial charge in [-0.1, -0.05) is 29.3 Å². The Kier molecular flexibility index (Phi) is 7.76. The van der Waals surface area contributed by atoms with Gasteiger partial charge in [0.05, 0.1) is 22.8 Å². The zero-order chi connectivity index (χ0) is 21.5. The fourth-order valence-electron chi connectivity index (χ4n) is 3.15. The Morgan fingerprint density at radius 3 is 2.27 bits per heavy atom. The van der Waals surface area contributed by atoms with Gasteiger partial charge in [-0.3, -0.25) is 14.4 Å². The van der Waals surface area contributed by atoms with Crippen molar-refractivity contribution in [2.75, 3.05) is 35.2 Å². The SMILES string of the molecule is Cc1ccc(NC(=O)CSCC(=O)Nc2cc(Cl)ccc2C(=O)N2CCCC2)cc1. The van der Waals surface area contributed by atoms with E-state index in [1.807, 2.05) is 31.2 Å². The highest BCUT2D eigenvalue weighted by molar-refractivity contribution is 8.00. The molecule has 0 spiro atoms. The Hall–Kier alpha value is -2.51. The highest BCUT2D eigenvalue weighted by Gasteiger charge is 2.22. The third-order valence-corrected chi connectivity index (χ3v) is 5.85. The van der Waals surface area contributed by atoms with Gasteiger partial charge in [0.15, 0.2) is 0 Å². The highest BCUT2D eigenvalue weighted by Crippen LogP contribution is 2.24. The van der Waals surface area contributed by atoms with Gasteiger partial charge in [-0.05, 0) is 50.1 Å². The van der Waals surface area contributed by atoms with Crippen LogP contribution in [0.4, 0.5) is 11.4 Å². The van der Waals surface area contributed by atoms with Gasteiger partial charge in [0.2, 0.25) is 11.8 Å². The molecule has 0 radical (unpaired) electrons. The lowest BCUT2D eigenvalue weighted by Gasteiger charge is -2.18. The van der Waals surface area contributed by atoms with Crippen molar-refractivity contribution in [3.05, 3.63) is 58.6 Å². The first-order chi connectivity index (χ1) is 14.4. The summed E-state index contributed by atoms with van der Waals surface area (Å²) in [7, 11) is 0. The van der Waals surface area contributed by atoms with Crippen LogP contribution in [0, 0.1) is 6.92 Å². The topological polar surface area (TPSA) is 78.5 Å². The molecule has 3 amide bonds. The van der Waals surface area contributed by atoms with Crippen molar-refractivity contribution in [3.63, 3.8) is 0 Å². The molecule has 1 aliphatic rings. The molecule has 2 N–H and O–H groups in total. The first-order valence-electron chi connectivity index (χ1n) is 9.75. The minimum absolute atomic E-state index is 0.0885. The predicted octanol–water partition coefficient (Wildman–Crippen LogP) is 4.19. The zero-order valence-electron chi connectivity index (χ0n) is 16.7. The average Bonchev–Trinajstić information content (AvgIpc) is 3.24. The van der Waals surface area contributed by atoms with Crippen molar-refractivity contribution in [2.24, 2.45) is 0 Å². The molecule has 0 bridgehead atoms. The molecular weight excluding hydrogens is 422 g/mol. The first-order valence-corrected chi connectivity index (χ1v) is 11.3. The average molecular weight is 446 g/mol. The van der Waals surface area contributed by atoms with Crippen molar-refractivity contribution in [2.45, 2.75) is 19.8 Å². The number of rotatable bonds is 7. The standard InChI is InChI=1S/C22H24ClN3O3S/c1-15-4-7-17(8-5-15)24-20(27)13-30-14-21(28)25-19-12-16(23)6-9-18(19)22(29)26-10-2-3-11-26/h4-9,12H,2-3,10-11,13-14H2,1H3,(H,24,27)(H,25,28). The fourth-order valence-corrected chi connectivity index (χ4v) is 3.94. The number of nitrogens with one attached hydrogen (secondary N) is 2. The summed E-state index contributed by atoms with van der Waals surface area (Å²) in [6, 6.07) is 12.4. The lowest BCUT2D eigenvalue weighted by molar-refractivity contribution is -0.114. The predicted molar refractivity (Wildman–Crippen MR) is 122 cm³/mol.